The maximum atomic E-state index is 14.8. The van der Waals surface area contributed by atoms with Crippen LogP contribution in [0.4, 0.5) is 4.39 Å². The second kappa shape index (κ2) is 11.7. The van der Waals surface area contributed by atoms with Crippen molar-refractivity contribution in [3.63, 3.8) is 0 Å². The predicted octanol–water partition coefficient (Wildman–Crippen LogP) is 7.42. The molecule has 1 saturated heterocycles. The van der Waals surface area contributed by atoms with Gasteiger partial charge in [0.25, 0.3) is 0 Å². The van der Waals surface area contributed by atoms with Gasteiger partial charge in [-0.2, -0.15) is 14.5 Å². The van der Waals surface area contributed by atoms with E-state index < -0.39 is 9.39 Å². The zero-order valence-electron chi connectivity index (χ0n) is 24.9. The van der Waals surface area contributed by atoms with Gasteiger partial charge in [-0.3, -0.25) is 14.8 Å². The predicted molar refractivity (Wildman–Crippen MR) is 186 cm³/mol. The summed E-state index contributed by atoms with van der Waals surface area (Å²) in [4.78, 5) is 8.17. The van der Waals surface area contributed by atoms with E-state index in [1.165, 1.54) is 18.4 Å². The molecule has 6 nitrogen and oxygen atoms in total. The van der Waals surface area contributed by atoms with E-state index in [0.29, 0.717) is 12.5 Å². The van der Waals surface area contributed by atoms with E-state index in [0.717, 1.165) is 80.5 Å². The maximum Gasteiger partial charge on any atom is 0.124 e. The Hall–Kier alpha value is -4.24. The molecule has 224 valence electrons. The fourth-order valence-corrected chi connectivity index (χ4v) is 6.79. The molecule has 4 N–H and O–H groups in total. The number of H-pyrrole nitrogens is 2. The van der Waals surface area contributed by atoms with E-state index in [2.05, 4.69) is 67.2 Å². The molecule has 0 atom stereocenters. The molecule has 1 fully saturated rings. The van der Waals surface area contributed by atoms with Gasteiger partial charge in [-0.25, -0.2) is 4.39 Å². The van der Waals surface area contributed by atoms with Crippen LogP contribution in [0.15, 0.2) is 79.1 Å². The highest BCUT2D eigenvalue weighted by atomic mass is 32.2. The Labute approximate surface area is 257 Å². The summed E-state index contributed by atoms with van der Waals surface area (Å²) in [5.41, 5.74) is 9.84. The lowest BCUT2D eigenvalue weighted by Gasteiger charge is -2.22. The van der Waals surface area contributed by atoms with E-state index in [-0.39, 0.29) is 5.82 Å². The highest BCUT2D eigenvalue weighted by Gasteiger charge is 2.17. The number of rotatable bonds is 8. The normalized spacial score (nSPS) is 14.5. The maximum absolute atomic E-state index is 14.8. The molecule has 44 heavy (non-hydrogen) atoms. The molecule has 0 amide bonds. The first-order chi connectivity index (χ1) is 21.3. The van der Waals surface area contributed by atoms with Gasteiger partial charge in [0.15, 0.2) is 0 Å². The second-order valence-electron chi connectivity index (χ2n) is 12.2. The number of piperidine rings is 1. The lowest BCUT2D eigenvalue weighted by Crippen LogP contribution is -2.28. The van der Waals surface area contributed by atoms with Crippen LogP contribution in [0.25, 0.3) is 55.4 Å². The molecule has 0 bridgehead atoms. The highest BCUT2D eigenvalue weighted by Crippen LogP contribution is 2.36. The van der Waals surface area contributed by atoms with Gasteiger partial charge in [0, 0.05) is 40.8 Å². The molecule has 6 aromatic rings. The van der Waals surface area contributed by atoms with Crippen LogP contribution < -0.4 is 10.0 Å². The van der Waals surface area contributed by atoms with Gasteiger partial charge in [-0.1, -0.05) is 29.9 Å². The van der Waals surface area contributed by atoms with Crippen molar-refractivity contribution in [2.45, 2.75) is 25.8 Å². The second-order valence-corrected chi connectivity index (χ2v) is 15.0. The highest BCUT2D eigenvalue weighted by molar-refractivity contribution is 8.25. The standard InChI is InChI=1S/C36H37FN6S/c1-44(2,3)40-21-25-14-27(17-29(37)16-25)30-5-4-6-33-31(30)19-35(41-33)36-32-18-26(7-8-34(32)42-43-36)28-15-24(20-39-22-28)13-23-9-11-38-12-10-23/h4-8,14-20,22-23,38,40-41H,1-2,9-13,21H2,3H3,(H,42,43). The Bertz CT molecular complexity index is 2090. The lowest BCUT2D eigenvalue weighted by atomic mass is 9.91. The quantitative estimate of drug-likeness (QED) is 0.136. The van der Waals surface area contributed by atoms with E-state index >= 15 is 0 Å². The number of fused-ring (bicyclic) bond motifs is 2. The van der Waals surface area contributed by atoms with Gasteiger partial charge in [0.1, 0.15) is 11.5 Å². The van der Waals surface area contributed by atoms with Crippen LogP contribution in [-0.4, -0.2) is 51.3 Å². The van der Waals surface area contributed by atoms with Gasteiger partial charge in [-0.05, 0) is 121 Å². The molecule has 4 heterocycles. The third-order valence-electron chi connectivity index (χ3n) is 8.49. The number of halogens is 1. The summed E-state index contributed by atoms with van der Waals surface area (Å²) >= 11 is 0. The van der Waals surface area contributed by atoms with Crippen LogP contribution in [0.2, 0.25) is 0 Å². The van der Waals surface area contributed by atoms with Crippen molar-refractivity contribution in [1.82, 2.24) is 30.2 Å². The number of aromatic amines is 2. The summed E-state index contributed by atoms with van der Waals surface area (Å²) in [6.45, 7) is 2.71. The van der Waals surface area contributed by atoms with Crippen LogP contribution >= 0.6 is 9.39 Å². The molecule has 0 unspecified atom stereocenters. The Kier molecular flexibility index (Phi) is 7.58. The van der Waals surface area contributed by atoms with Crippen molar-refractivity contribution in [2.75, 3.05) is 19.3 Å². The topological polar surface area (TPSA) is 81.4 Å². The number of nitrogens with zero attached hydrogens (tertiary/aromatic N) is 2. The minimum absolute atomic E-state index is 0.267. The number of hydrogen-bond donors (Lipinski definition) is 4. The zero-order valence-corrected chi connectivity index (χ0v) is 25.7. The molecular weight excluding hydrogens is 568 g/mol. The van der Waals surface area contributed by atoms with E-state index in [1.54, 1.807) is 12.1 Å². The number of nitrogens with one attached hydrogen (secondary N) is 4. The average molecular weight is 605 g/mol. The van der Waals surface area contributed by atoms with Crippen molar-refractivity contribution >= 4 is 42.9 Å². The SMILES string of the molecule is C=S(=C)(C)NCc1cc(F)cc(-c2cccc3[nH]c(-c4n[nH]c5ccc(-c6cncc(CC7CCNCC7)c6)cc45)cc23)c1. The average Bonchev–Trinajstić information content (AvgIpc) is 3.64. The Balaban J connectivity index is 1.23. The van der Waals surface area contributed by atoms with Gasteiger partial charge >= 0.3 is 0 Å². The van der Waals surface area contributed by atoms with Gasteiger partial charge in [0.05, 0.1) is 11.2 Å². The molecule has 3 aromatic carbocycles. The van der Waals surface area contributed by atoms with Crippen molar-refractivity contribution in [3.8, 4) is 33.6 Å². The van der Waals surface area contributed by atoms with Gasteiger partial charge < -0.3 is 10.3 Å². The smallest absolute Gasteiger partial charge is 0.124 e. The summed E-state index contributed by atoms with van der Waals surface area (Å²) in [7, 11) is -1.41. The number of hydrogen-bond acceptors (Lipinski definition) is 4. The molecule has 0 radical (unpaired) electrons. The number of pyridine rings is 1. The number of aromatic nitrogens is 4. The molecule has 0 aliphatic carbocycles. The van der Waals surface area contributed by atoms with Crippen LogP contribution in [0.5, 0.6) is 0 Å². The van der Waals surface area contributed by atoms with Crippen molar-refractivity contribution in [2.24, 2.45) is 5.92 Å². The third kappa shape index (κ3) is 6.06. The third-order valence-corrected chi connectivity index (χ3v) is 9.33. The molecular formula is C36H37FN6S. The fraction of sp³-hybridized carbons (Fsp3) is 0.222. The molecule has 1 aliphatic heterocycles. The summed E-state index contributed by atoms with van der Waals surface area (Å²) in [6.07, 6.45) is 9.42. The van der Waals surface area contributed by atoms with Gasteiger partial charge in [-0.15, -0.1) is 0 Å². The molecule has 0 spiro atoms. The summed E-state index contributed by atoms with van der Waals surface area (Å²) in [6, 6.07) is 22.1. The molecule has 7 rings (SSSR count). The summed E-state index contributed by atoms with van der Waals surface area (Å²) in [5, 5.41) is 13.4. The minimum atomic E-state index is -1.41. The Morgan fingerprint density at radius 2 is 1.73 bits per heavy atom. The monoisotopic (exact) mass is 604 g/mol. The van der Waals surface area contributed by atoms with Gasteiger partial charge in [0.2, 0.25) is 0 Å². The van der Waals surface area contributed by atoms with Crippen LogP contribution in [-0.2, 0) is 13.0 Å². The molecule has 8 heteroatoms. The van der Waals surface area contributed by atoms with E-state index in [4.69, 9.17) is 5.10 Å². The van der Waals surface area contributed by atoms with E-state index in [1.807, 2.05) is 42.9 Å². The zero-order chi connectivity index (χ0) is 30.3. The first kappa shape index (κ1) is 28.5. The van der Waals surface area contributed by atoms with Crippen molar-refractivity contribution in [3.05, 3.63) is 96.1 Å². The first-order valence-electron chi connectivity index (χ1n) is 15.0. The van der Waals surface area contributed by atoms with Crippen molar-refractivity contribution < 1.29 is 4.39 Å². The van der Waals surface area contributed by atoms with E-state index in [9.17, 15) is 4.39 Å². The molecule has 0 saturated carbocycles. The molecule has 1 aliphatic rings. The minimum Gasteiger partial charge on any atom is -0.353 e. The van der Waals surface area contributed by atoms with Crippen LogP contribution in [0.3, 0.4) is 0 Å². The van der Waals surface area contributed by atoms with Crippen LogP contribution in [0, 0.1) is 11.7 Å². The van der Waals surface area contributed by atoms with Crippen LogP contribution in [0.1, 0.15) is 24.0 Å². The Morgan fingerprint density at radius 1 is 0.886 bits per heavy atom. The largest absolute Gasteiger partial charge is 0.353 e. The Morgan fingerprint density at radius 3 is 2.57 bits per heavy atom. The summed E-state index contributed by atoms with van der Waals surface area (Å²) < 4.78 is 18.1. The first-order valence-corrected chi connectivity index (χ1v) is 17.4. The molecule has 3 aromatic heterocycles. The lowest BCUT2D eigenvalue weighted by molar-refractivity contribution is 0.372. The van der Waals surface area contributed by atoms with Crippen molar-refractivity contribution in [1.29, 1.82) is 0 Å². The number of benzene rings is 3. The fourth-order valence-electron chi connectivity index (χ4n) is 6.28. The summed E-state index contributed by atoms with van der Waals surface area (Å²) in [5.74, 6) is 8.59.